The summed E-state index contributed by atoms with van der Waals surface area (Å²) in [5, 5.41) is 0. The van der Waals surface area contributed by atoms with Gasteiger partial charge in [0.25, 0.3) is 0 Å². The normalized spacial score (nSPS) is 27.4. The Kier molecular flexibility index (Phi) is 5.73. The molecule has 122 valence electrons. The fourth-order valence-electron chi connectivity index (χ4n) is 3.15. The van der Waals surface area contributed by atoms with Crippen molar-refractivity contribution in [2.75, 3.05) is 30.1 Å². The number of hydrogen-bond donors (Lipinski definition) is 1. The van der Waals surface area contributed by atoms with Gasteiger partial charge in [-0.25, -0.2) is 8.42 Å². The number of sulfone groups is 1. The number of thioether (sulfide) groups is 1. The summed E-state index contributed by atoms with van der Waals surface area (Å²) >= 11 is 1.93. The maximum Gasteiger partial charge on any atom is 0.152 e. The molecule has 2 atom stereocenters. The Hall–Kier alpha value is -0.110. The van der Waals surface area contributed by atoms with Gasteiger partial charge in [0, 0.05) is 18.8 Å². The summed E-state index contributed by atoms with van der Waals surface area (Å²) < 4.78 is 28.4. The Bertz CT molecular complexity index is 466. The predicted molar refractivity (Wildman–Crippen MR) is 85.3 cm³/mol. The van der Waals surface area contributed by atoms with Crippen LogP contribution < -0.4 is 5.73 Å². The van der Waals surface area contributed by atoms with Crippen LogP contribution in [0.4, 0.5) is 0 Å². The molecule has 0 aliphatic carbocycles. The van der Waals surface area contributed by atoms with Crippen LogP contribution >= 0.6 is 11.8 Å². The minimum atomic E-state index is -3.07. The van der Waals surface area contributed by atoms with E-state index in [2.05, 4.69) is 0 Å². The highest BCUT2D eigenvalue weighted by atomic mass is 32.2. The lowest BCUT2D eigenvalue weighted by molar-refractivity contribution is -0.139. The highest BCUT2D eigenvalue weighted by Gasteiger charge is 2.41. The number of carbonyl (C=O) groups is 1. The van der Waals surface area contributed by atoms with Gasteiger partial charge in [-0.05, 0) is 43.6 Å². The molecule has 2 rings (SSSR count). The van der Waals surface area contributed by atoms with Crippen LogP contribution in [0.25, 0.3) is 0 Å². The van der Waals surface area contributed by atoms with Crippen molar-refractivity contribution in [1.29, 1.82) is 0 Å². The molecule has 21 heavy (non-hydrogen) atoms. The van der Waals surface area contributed by atoms with Gasteiger partial charge in [-0.1, -0.05) is 0 Å². The van der Waals surface area contributed by atoms with E-state index in [1.807, 2.05) is 11.8 Å². The third-order valence-electron chi connectivity index (χ3n) is 4.46. The SMILES string of the molecule is CS(=O)(=O)CCC(N)C(=O)C1CCOC2(CCSCC2)C1. The van der Waals surface area contributed by atoms with Crippen molar-refractivity contribution in [1.82, 2.24) is 0 Å². The zero-order valence-corrected chi connectivity index (χ0v) is 14.2. The van der Waals surface area contributed by atoms with Crippen LogP contribution in [0.5, 0.6) is 0 Å². The van der Waals surface area contributed by atoms with Gasteiger partial charge in [-0.15, -0.1) is 0 Å². The number of Topliss-reactive ketones (excluding diaryl/α,β-unsaturated/α-hetero) is 1. The van der Waals surface area contributed by atoms with E-state index in [1.54, 1.807) is 0 Å². The van der Waals surface area contributed by atoms with Crippen LogP contribution in [-0.4, -0.2) is 56.0 Å². The first-order chi connectivity index (χ1) is 9.81. The van der Waals surface area contributed by atoms with E-state index in [4.69, 9.17) is 10.5 Å². The van der Waals surface area contributed by atoms with Crippen molar-refractivity contribution in [2.45, 2.75) is 43.7 Å². The van der Waals surface area contributed by atoms with Gasteiger partial charge in [0.2, 0.25) is 0 Å². The first-order valence-corrected chi connectivity index (χ1v) is 10.7. The molecule has 1 spiro atoms. The van der Waals surface area contributed by atoms with Gasteiger partial charge in [-0.3, -0.25) is 4.79 Å². The molecule has 0 aromatic rings. The largest absolute Gasteiger partial charge is 0.375 e. The van der Waals surface area contributed by atoms with Crippen molar-refractivity contribution in [3.8, 4) is 0 Å². The molecule has 7 heteroatoms. The van der Waals surface area contributed by atoms with Gasteiger partial charge in [0.15, 0.2) is 5.78 Å². The first kappa shape index (κ1) is 17.2. The van der Waals surface area contributed by atoms with E-state index in [0.29, 0.717) is 13.0 Å². The van der Waals surface area contributed by atoms with E-state index in [-0.39, 0.29) is 29.5 Å². The van der Waals surface area contributed by atoms with Crippen molar-refractivity contribution < 1.29 is 17.9 Å². The minimum absolute atomic E-state index is 0.0135. The molecule has 2 fully saturated rings. The summed E-state index contributed by atoms with van der Waals surface area (Å²) in [4.78, 5) is 12.5. The summed E-state index contributed by atoms with van der Waals surface area (Å²) in [5.41, 5.74) is 5.78. The lowest BCUT2D eigenvalue weighted by Gasteiger charge is -2.43. The van der Waals surface area contributed by atoms with Crippen LogP contribution in [0, 0.1) is 5.92 Å². The average molecular weight is 335 g/mol. The molecule has 0 bridgehead atoms. The van der Waals surface area contributed by atoms with E-state index in [0.717, 1.165) is 30.8 Å². The smallest absolute Gasteiger partial charge is 0.152 e. The molecule has 0 aromatic heterocycles. The quantitative estimate of drug-likeness (QED) is 0.807. The van der Waals surface area contributed by atoms with E-state index in [9.17, 15) is 13.2 Å². The lowest BCUT2D eigenvalue weighted by Crippen LogP contribution is -2.47. The molecule has 0 radical (unpaired) electrons. The molecule has 2 heterocycles. The molecular formula is C14H25NO4S2. The van der Waals surface area contributed by atoms with Gasteiger partial charge in [0.1, 0.15) is 9.84 Å². The second-order valence-electron chi connectivity index (χ2n) is 6.26. The van der Waals surface area contributed by atoms with Gasteiger partial charge in [0.05, 0.1) is 17.4 Å². The lowest BCUT2D eigenvalue weighted by atomic mass is 9.78. The summed E-state index contributed by atoms with van der Waals surface area (Å²) in [6.07, 6.45) is 4.85. The maximum absolute atomic E-state index is 12.5. The Labute approximate surface area is 131 Å². The predicted octanol–water partition coefficient (Wildman–Crippen LogP) is 1.01. The fraction of sp³-hybridized carbons (Fsp3) is 0.929. The maximum atomic E-state index is 12.5. The molecule has 0 amide bonds. The first-order valence-electron chi connectivity index (χ1n) is 7.50. The minimum Gasteiger partial charge on any atom is -0.375 e. The van der Waals surface area contributed by atoms with E-state index >= 15 is 0 Å². The highest BCUT2D eigenvalue weighted by Crippen LogP contribution is 2.40. The number of nitrogens with two attached hydrogens (primary N) is 1. The molecule has 2 N–H and O–H groups in total. The average Bonchev–Trinajstić information content (AvgIpc) is 2.44. The zero-order chi connectivity index (χ0) is 15.5. The van der Waals surface area contributed by atoms with Crippen molar-refractivity contribution >= 4 is 27.4 Å². The van der Waals surface area contributed by atoms with Crippen LogP contribution in [0.2, 0.25) is 0 Å². The third-order valence-corrected chi connectivity index (χ3v) is 6.43. The molecular weight excluding hydrogens is 310 g/mol. The molecule has 0 aromatic carbocycles. The zero-order valence-electron chi connectivity index (χ0n) is 12.5. The van der Waals surface area contributed by atoms with Crippen molar-refractivity contribution in [2.24, 2.45) is 11.7 Å². The Morgan fingerprint density at radius 2 is 2.10 bits per heavy atom. The standard InChI is InChI=1S/C14H25NO4S2/c1-21(17,18)9-3-12(15)13(16)11-2-6-19-14(10-11)4-7-20-8-5-14/h11-12H,2-10,15H2,1H3. The van der Waals surface area contributed by atoms with Crippen LogP contribution in [0.15, 0.2) is 0 Å². The summed E-state index contributed by atoms with van der Waals surface area (Å²) in [6, 6.07) is -0.669. The Morgan fingerprint density at radius 1 is 1.43 bits per heavy atom. The summed E-state index contributed by atoms with van der Waals surface area (Å²) in [7, 11) is -3.07. The van der Waals surface area contributed by atoms with E-state index < -0.39 is 15.9 Å². The van der Waals surface area contributed by atoms with Crippen molar-refractivity contribution in [3.05, 3.63) is 0 Å². The number of ether oxygens (including phenoxy) is 1. The third kappa shape index (κ3) is 4.94. The van der Waals surface area contributed by atoms with Crippen LogP contribution in [0.1, 0.15) is 32.1 Å². The second kappa shape index (κ2) is 6.98. The number of hydrogen-bond acceptors (Lipinski definition) is 6. The van der Waals surface area contributed by atoms with E-state index in [1.165, 1.54) is 6.26 Å². The monoisotopic (exact) mass is 335 g/mol. The summed E-state index contributed by atoms with van der Waals surface area (Å²) in [6.45, 7) is 0.611. The van der Waals surface area contributed by atoms with Gasteiger partial charge in [-0.2, -0.15) is 11.8 Å². The van der Waals surface area contributed by atoms with Gasteiger partial charge >= 0.3 is 0 Å². The van der Waals surface area contributed by atoms with Gasteiger partial charge < -0.3 is 10.5 Å². The molecule has 2 aliphatic rings. The molecule has 2 aliphatic heterocycles. The molecule has 2 unspecified atom stereocenters. The number of ketones is 1. The number of rotatable bonds is 5. The molecule has 0 saturated carbocycles. The topological polar surface area (TPSA) is 86.5 Å². The number of carbonyl (C=O) groups excluding carboxylic acids is 1. The highest BCUT2D eigenvalue weighted by molar-refractivity contribution is 7.99. The molecule has 5 nitrogen and oxygen atoms in total. The Morgan fingerprint density at radius 3 is 2.71 bits per heavy atom. The van der Waals surface area contributed by atoms with Crippen LogP contribution in [0.3, 0.4) is 0 Å². The van der Waals surface area contributed by atoms with Crippen LogP contribution in [-0.2, 0) is 19.4 Å². The van der Waals surface area contributed by atoms with Crippen molar-refractivity contribution in [3.63, 3.8) is 0 Å². The fourth-order valence-corrected chi connectivity index (χ4v) is 5.07. The second-order valence-corrected chi connectivity index (χ2v) is 9.75. The molecule has 2 saturated heterocycles. The Balaban J connectivity index is 1.92. The summed E-state index contributed by atoms with van der Waals surface area (Å²) in [5.74, 6) is 2.09.